The number of nitrogens with zero attached hydrogens (tertiary/aromatic N) is 2. The van der Waals surface area contributed by atoms with Crippen molar-refractivity contribution in [2.24, 2.45) is 7.05 Å². The molecule has 0 spiro atoms. The monoisotopic (exact) mass is 215 g/mol. The normalized spacial score (nSPS) is 10.4. The molecule has 0 radical (unpaired) electrons. The van der Waals surface area contributed by atoms with Crippen LogP contribution in [0.25, 0.3) is 0 Å². The smallest absolute Gasteiger partial charge is 0.418 e. The Hall–Kier alpha value is -1.41. The first-order valence-corrected chi connectivity index (χ1v) is 3.36. The van der Waals surface area contributed by atoms with Gasteiger partial charge < -0.3 is 17.3 Å². The van der Waals surface area contributed by atoms with Gasteiger partial charge in [0.15, 0.2) is 0 Å². The number of nitrogens with two attached hydrogens (primary N) is 1. The fourth-order valence-corrected chi connectivity index (χ4v) is 0.496. The Kier molecular flexibility index (Phi) is 4.25. The van der Waals surface area contributed by atoms with Gasteiger partial charge in [-0.2, -0.15) is 4.39 Å². The fourth-order valence-electron chi connectivity index (χ4n) is 0.496. The van der Waals surface area contributed by atoms with Crippen LogP contribution in [0.15, 0.2) is 12.1 Å². The van der Waals surface area contributed by atoms with Crippen LogP contribution in [0.1, 0.15) is 0 Å². The summed E-state index contributed by atoms with van der Waals surface area (Å²) in [7, 11) is -4.42. The first kappa shape index (κ1) is 12.6. The minimum absolute atomic E-state index is 0.441. The minimum Gasteiger partial charge on any atom is -0.418 e. The third-order valence-electron chi connectivity index (χ3n) is 1.01. The van der Waals surface area contributed by atoms with Crippen LogP contribution >= 0.6 is 0 Å². The zero-order valence-corrected chi connectivity index (χ0v) is 7.09. The molecule has 80 valence electrons. The molecule has 0 unspecified atom stereocenters. The largest absolute Gasteiger partial charge is 0.673 e. The second kappa shape index (κ2) is 4.73. The lowest BCUT2D eigenvalue weighted by Gasteiger charge is -1.94. The fraction of sp³-hybridized carbons (Fsp3) is 0.200. The van der Waals surface area contributed by atoms with Gasteiger partial charge >= 0.3 is 7.25 Å². The zero-order chi connectivity index (χ0) is 11.4. The number of aromatic nitrogens is 2. The first-order chi connectivity index (χ1) is 6.20. The number of hydrogen-bond acceptors (Lipinski definition) is 2. The van der Waals surface area contributed by atoms with Crippen molar-refractivity contribution in [2.45, 2.75) is 0 Å². The predicted molar refractivity (Wildman–Crippen MR) is 40.0 cm³/mol. The molecular formula is C5H7BF5N3. The van der Waals surface area contributed by atoms with Crippen molar-refractivity contribution in [3.8, 4) is 0 Å². The van der Waals surface area contributed by atoms with Crippen molar-refractivity contribution in [3.63, 3.8) is 0 Å². The Morgan fingerprint density at radius 3 is 2.00 bits per heavy atom. The van der Waals surface area contributed by atoms with Gasteiger partial charge in [-0.05, 0) is 0 Å². The molecule has 0 aliphatic carbocycles. The number of nitrogen functional groups attached to an aromatic ring is 1. The maximum absolute atomic E-state index is 12.2. The highest BCUT2D eigenvalue weighted by molar-refractivity contribution is 6.50. The van der Waals surface area contributed by atoms with Gasteiger partial charge in [-0.25, -0.2) is 0 Å². The van der Waals surface area contributed by atoms with E-state index < -0.39 is 13.2 Å². The van der Waals surface area contributed by atoms with E-state index in [1.54, 1.807) is 7.05 Å². The van der Waals surface area contributed by atoms with Crippen LogP contribution in [0.4, 0.5) is 27.5 Å². The number of rotatable bonds is 0. The van der Waals surface area contributed by atoms with Crippen LogP contribution in [0.2, 0.25) is 0 Å². The SMILES string of the molecule is C[n+]1nc(F)ccc1N.F[B-](F)(F)F. The molecule has 1 aromatic heterocycles. The van der Waals surface area contributed by atoms with Crippen LogP contribution in [0, 0.1) is 5.95 Å². The maximum atomic E-state index is 12.2. The molecule has 2 N–H and O–H groups in total. The van der Waals surface area contributed by atoms with Crippen molar-refractivity contribution < 1.29 is 26.3 Å². The number of anilines is 1. The molecule has 3 nitrogen and oxygen atoms in total. The summed E-state index contributed by atoms with van der Waals surface area (Å²) >= 11 is 0. The van der Waals surface area contributed by atoms with Gasteiger partial charge in [-0.3, -0.25) is 5.73 Å². The van der Waals surface area contributed by atoms with E-state index >= 15 is 0 Å². The lowest BCUT2D eigenvalue weighted by atomic mass is 10.3. The van der Waals surface area contributed by atoms with E-state index in [-0.39, 0.29) is 0 Å². The number of aryl methyl sites for hydroxylation is 1. The summed E-state index contributed by atoms with van der Waals surface area (Å²) in [6, 6.07) is 2.68. The minimum atomic E-state index is -6.00. The third-order valence-corrected chi connectivity index (χ3v) is 1.01. The zero-order valence-electron chi connectivity index (χ0n) is 7.09. The highest BCUT2D eigenvalue weighted by Crippen LogP contribution is 2.06. The molecule has 0 aliphatic rings. The molecule has 0 saturated carbocycles. The van der Waals surface area contributed by atoms with Crippen molar-refractivity contribution >= 4 is 13.1 Å². The quantitative estimate of drug-likeness (QED) is 0.397. The number of hydrogen-bond donors (Lipinski definition) is 1. The molecule has 0 atom stereocenters. The molecular weight excluding hydrogens is 208 g/mol. The molecule has 1 rings (SSSR count). The summed E-state index contributed by atoms with van der Waals surface area (Å²) in [5.41, 5.74) is 5.32. The Bertz CT molecular complexity index is 296. The van der Waals surface area contributed by atoms with E-state index in [0.29, 0.717) is 5.82 Å². The standard InChI is InChI=1S/C5H6FN3.BF4/c1-9-5(7)3-2-4(6)8-9;2-1(3,4)5/h2-3,7H,1H3;/q;-1/p+1. The van der Waals surface area contributed by atoms with Crippen LogP contribution in [-0.2, 0) is 7.05 Å². The third kappa shape index (κ3) is 7.26. The van der Waals surface area contributed by atoms with Crippen molar-refractivity contribution in [1.29, 1.82) is 0 Å². The summed E-state index contributed by atoms with van der Waals surface area (Å²) in [6.45, 7) is 0. The van der Waals surface area contributed by atoms with E-state index in [9.17, 15) is 21.7 Å². The molecule has 0 aromatic carbocycles. The predicted octanol–water partition coefficient (Wildman–Crippen LogP) is 0.927. The Morgan fingerprint density at radius 2 is 1.71 bits per heavy atom. The summed E-state index contributed by atoms with van der Waals surface area (Å²) in [5, 5.41) is 3.40. The Morgan fingerprint density at radius 1 is 1.29 bits per heavy atom. The Labute approximate surface area is 76.4 Å². The molecule has 0 fully saturated rings. The van der Waals surface area contributed by atoms with Gasteiger partial charge in [0, 0.05) is 12.1 Å². The lowest BCUT2D eigenvalue weighted by Crippen LogP contribution is -2.37. The van der Waals surface area contributed by atoms with E-state index in [0.717, 1.165) is 0 Å². The van der Waals surface area contributed by atoms with Crippen LogP contribution < -0.4 is 10.4 Å². The second-order valence-corrected chi connectivity index (χ2v) is 2.20. The number of halogens is 5. The van der Waals surface area contributed by atoms with E-state index in [2.05, 4.69) is 5.10 Å². The van der Waals surface area contributed by atoms with Gasteiger partial charge in [0.25, 0.3) is 11.8 Å². The summed E-state index contributed by atoms with van der Waals surface area (Å²) < 4.78 is 52.4. The highest BCUT2D eigenvalue weighted by atomic mass is 19.5. The van der Waals surface area contributed by atoms with E-state index in [4.69, 9.17) is 5.73 Å². The van der Waals surface area contributed by atoms with Crippen LogP contribution in [-0.4, -0.2) is 12.4 Å². The highest BCUT2D eigenvalue weighted by Gasteiger charge is 2.20. The average molecular weight is 215 g/mol. The molecule has 0 bridgehead atoms. The van der Waals surface area contributed by atoms with Gasteiger partial charge in [0.2, 0.25) is 0 Å². The van der Waals surface area contributed by atoms with Gasteiger partial charge in [-0.1, -0.05) is 5.10 Å². The second-order valence-electron chi connectivity index (χ2n) is 2.20. The average Bonchev–Trinajstić information content (AvgIpc) is 1.94. The molecule has 0 saturated heterocycles. The van der Waals surface area contributed by atoms with Gasteiger partial charge in [0.1, 0.15) is 7.05 Å². The molecule has 0 aliphatic heterocycles. The van der Waals surface area contributed by atoms with Crippen LogP contribution in [0.5, 0.6) is 0 Å². The lowest BCUT2D eigenvalue weighted by molar-refractivity contribution is -0.719. The maximum Gasteiger partial charge on any atom is 0.673 e. The van der Waals surface area contributed by atoms with E-state index in [1.807, 2.05) is 0 Å². The van der Waals surface area contributed by atoms with Crippen molar-refractivity contribution in [2.75, 3.05) is 5.73 Å². The Balaban J connectivity index is 0.000000292. The molecule has 1 heterocycles. The van der Waals surface area contributed by atoms with Gasteiger partial charge in [-0.15, -0.1) is 4.68 Å². The summed E-state index contributed by atoms with van der Waals surface area (Å²) in [4.78, 5) is 0. The summed E-state index contributed by atoms with van der Waals surface area (Å²) in [6.07, 6.45) is 0. The van der Waals surface area contributed by atoms with E-state index in [1.165, 1.54) is 16.8 Å². The van der Waals surface area contributed by atoms with Crippen molar-refractivity contribution in [1.82, 2.24) is 5.10 Å². The summed E-state index contributed by atoms with van der Waals surface area (Å²) in [5.74, 6) is -0.0805. The molecule has 14 heavy (non-hydrogen) atoms. The first-order valence-electron chi connectivity index (χ1n) is 3.36. The topological polar surface area (TPSA) is 42.8 Å². The molecule has 1 aromatic rings. The van der Waals surface area contributed by atoms with Gasteiger partial charge in [0.05, 0.1) is 0 Å². The molecule has 9 heteroatoms. The van der Waals surface area contributed by atoms with Crippen molar-refractivity contribution in [3.05, 3.63) is 18.1 Å². The van der Waals surface area contributed by atoms with Crippen LogP contribution in [0.3, 0.4) is 0 Å². The molecule has 0 amide bonds.